The fourth-order valence-corrected chi connectivity index (χ4v) is 4.14. The smallest absolute Gasteiger partial charge is 0.267 e. The number of nitrogens with zero attached hydrogens (tertiary/aromatic N) is 2. The molecule has 3 heterocycles. The Morgan fingerprint density at radius 3 is 2.77 bits per heavy atom. The highest BCUT2D eigenvalue weighted by molar-refractivity contribution is 5.98. The lowest BCUT2D eigenvalue weighted by Gasteiger charge is -2.40. The van der Waals surface area contributed by atoms with Gasteiger partial charge in [0.1, 0.15) is 35.4 Å². The predicted molar refractivity (Wildman–Crippen MR) is 100 cm³/mol. The van der Waals surface area contributed by atoms with E-state index in [0.29, 0.717) is 0 Å². The quantitative estimate of drug-likeness (QED) is 0.739. The topological polar surface area (TPSA) is 104 Å². The van der Waals surface area contributed by atoms with Crippen LogP contribution in [-0.2, 0) is 10.3 Å². The molecule has 0 radical (unpaired) electrons. The number of halogens is 4. The number of amidine groups is 1. The molecule has 0 aliphatic carbocycles. The molecule has 0 bridgehead atoms. The first kappa shape index (κ1) is 20.3. The van der Waals surface area contributed by atoms with Gasteiger partial charge >= 0.3 is 0 Å². The first-order chi connectivity index (χ1) is 14.2. The van der Waals surface area contributed by atoms with Crippen LogP contribution >= 0.6 is 0 Å². The number of pyridine rings is 1. The number of ether oxygens (including phenoxy) is 1. The number of amides is 1. The highest BCUT2D eigenvalue weighted by Gasteiger charge is 2.56. The van der Waals surface area contributed by atoms with Crippen LogP contribution in [0.5, 0.6) is 0 Å². The lowest BCUT2D eigenvalue weighted by atomic mass is 9.72. The van der Waals surface area contributed by atoms with Crippen molar-refractivity contribution in [2.45, 2.75) is 17.6 Å². The number of rotatable bonds is 4. The number of carbonyl (C=O) groups is 1. The van der Waals surface area contributed by atoms with E-state index < -0.39 is 47.2 Å². The molecule has 0 saturated carbocycles. The molecular formula is C20H18F4N4O2. The molecule has 2 aromatic rings. The minimum atomic E-state index is -2.44. The van der Waals surface area contributed by atoms with E-state index in [1.165, 1.54) is 12.1 Å². The van der Waals surface area contributed by atoms with Crippen LogP contribution in [0.25, 0.3) is 11.1 Å². The lowest BCUT2D eigenvalue weighted by Crippen LogP contribution is -2.53. The van der Waals surface area contributed by atoms with Crippen molar-refractivity contribution in [1.82, 2.24) is 4.98 Å². The SMILES string of the molecule is NC(=O)c1ncc(F)cc1-c1ccc(F)c([C@]23COCC2CC(F)(CF)C(N)=N3)c1. The number of benzene rings is 1. The number of fused-ring (bicyclic) bond motifs is 1. The van der Waals surface area contributed by atoms with Crippen LogP contribution < -0.4 is 11.5 Å². The van der Waals surface area contributed by atoms with Gasteiger partial charge in [0.2, 0.25) is 0 Å². The molecule has 1 amide bonds. The van der Waals surface area contributed by atoms with Gasteiger partial charge in [0.25, 0.3) is 5.91 Å². The molecule has 30 heavy (non-hydrogen) atoms. The summed E-state index contributed by atoms with van der Waals surface area (Å²) >= 11 is 0. The zero-order valence-corrected chi connectivity index (χ0v) is 15.7. The van der Waals surface area contributed by atoms with E-state index >= 15 is 0 Å². The van der Waals surface area contributed by atoms with E-state index in [-0.39, 0.29) is 42.0 Å². The third-order valence-corrected chi connectivity index (χ3v) is 5.71. The van der Waals surface area contributed by atoms with Crippen LogP contribution in [0.3, 0.4) is 0 Å². The fraction of sp³-hybridized carbons (Fsp3) is 0.350. The van der Waals surface area contributed by atoms with Crippen molar-refractivity contribution in [3.05, 3.63) is 53.4 Å². The summed E-state index contributed by atoms with van der Waals surface area (Å²) in [5.74, 6) is -3.52. The van der Waals surface area contributed by atoms with Gasteiger partial charge in [-0.1, -0.05) is 6.07 Å². The van der Waals surface area contributed by atoms with Crippen molar-refractivity contribution in [1.29, 1.82) is 0 Å². The van der Waals surface area contributed by atoms with Crippen molar-refractivity contribution < 1.29 is 27.1 Å². The molecule has 0 spiro atoms. The third kappa shape index (κ3) is 3.02. The second kappa shape index (κ2) is 7.05. The van der Waals surface area contributed by atoms with Gasteiger partial charge in [0, 0.05) is 17.0 Å². The molecule has 4 rings (SSSR count). The van der Waals surface area contributed by atoms with E-state index in [2.05, 4.69) is 9.98 Å². The summed E-state index contributed by atoms with van der Waals surface area (Å²) in [6, 6.07) is 4.86. The molecule has 158 valence electrons. The van der Waals surface area contributed by atoms with Crippen molar-refractivity contribution in [3.8, 4) is 11.1 Å². The van der Waals surface area contributed by atoms with Crippen LogP contribution in [0.1, 0.15) is 22.5 Å². The second-order valence-electron chi connectivity index (χ2n) is 7.54. The Labute approximate surface area is 168 Å². The maximum atomic E-state index is 14.9. The van der Waals surface area contributed by atoms with Crippen molar-refractivity contribution >= 4 is 11.7 Å². The Morgan fingerprint density at radius 1 is 1.30 bits per heavy atom. The van der Waals surface area contributed by atoms with Crippen LogP contribution in [-0.4, -0.2) is 42.3 Å². The highest BCUT2D eigenvalue weighted by atomic mass is 19.2. The summed E-state index contributed by atoms with van der Waals surface area (Å²) in [5.41, 5.74) is 7.37. The molecule has 1 saturated heterocycles. The summed E-state index contributed by atoms with van der Waals surface area (Å²) in [4.78, 5) is 19.6. The van der Waals surface area contributed by atoms with E-state index in [1.807, 2.05) is 0 Å². The molecule has 6 nitrogen and oxygen atoms in total. The average molecular weight is 422 g/mol. The molecule has 4 N–H and O–H groups in total. The molecule has 10 heteroatoms. The Hall–Kier alpha value is -3.01. The van der Waals surface area contributed by atoms with Gasteiger partial charge in [-0.25, -0.2) is 22.5 Å². The Bertz CT molecular complexity index is 1060. The van der Waals surface area contributed by atoms with Gasteiger partial charge in [-0.2, -0.15) is 0 Å². The van der Waals surface area contributed by atoms with Crippen LogP contribution in [0, 0.1) is 17.6 Å². The van der Waals surface area contributed by atoms with Crippen LogP contribution in [0.4, 0.5) is 17.6 Å². The van der Waals surface area contributed by atoms with Crippen molar-refractivity contribution in [2.24, 2.45) is 22.4 Å². The number of alkyl halides is 2. The number of carbonyl (C=O) groups excluding carboxylic acids is 1. The first-order valence-electron chi connectivity index (χ1n) is 9.14. The number of aromatic nitrogens is 1. The van der Waals surface area contributed by atoms with E-state index in [1.54, 1.807) is 0 Å². The van der Waals surface area contributed by atoms with E-state index in [4.69, 9.17) is 16.2 Å². The first-order valence-corrected chi connectivity index (χ1v) is 9.14. The number of primary amides is 1. The number of hydrogen-bond acceptors (Lipinski definition) is 5. The minimum absolute atomic E-state index is 0.0195. The summed E-state index contributed by atoms with van der Waals surface area (Å²) in [5, 5.41) is 0. The largest absolute Gasteiger partial charge is 0.385 e. The average Bonchev–Trinajstić information content (AvgIpc) is 3.11. The molecule has 2 unspecified atom stereocenters. The van der Waals surface area contributed by atoms with Crippen molar-refractivity contribution in [3.63, 3.8) is 0 Å². The normalized spacial score (nSPS) is 28.1. The molecule has 1 fully saturated rings. The Balaban J connectivity index is 1.90. The van der Waals surface area contributed by atoms with Gasteiger partial charge in [0.05, 0.1) is 19.4 Å². The molecule has 1 aromatic carbocycles. The number of hydrogen-bond donors (Lipinski definition) is 2. The predicted octanol–water partition coefficient (Wildman–Crippen LogP) is 2.41. The minimum Gasteiger partial charge on any atom is -0.385 e. The Kier molecular flexibility index (Phi) is 4.76. The van der Waals surface area contributed by atoms with Gasteiger partial charge in [-0.05, 0) is 30.2 Å². The van der Waals surface area contributed by atoms with E-state index in [0.717, 1.165) is 18.3 Å². The monoisotopic (exact) mass is 422 g/mol. The maximum Gasteiger partial charge on any atom is 0.267 e. The summed E-state index contributed by atoms with van der Waals surface area (Å²) in [7, 11) is 0. The number of aliphatic imine (C=N–C) groups is 1. The molecule has 1 aromatic heterocycles. The highest BCUT2D eigenvalue weighted by Crippen LogP contribution is 2.49. The third-order valence-electron chi connectivity index (χ3n) is 5.71. The molecule has 2 aliphatic rings. The Morgan fingerprint density at radius 2 is 2.07 bits per heavy atom. The fourth-order valence-electron chi connectivity index (χ4n) is 4.14. The number of nitrogens with two attached hydrogens (primary N) is 2. The van der Waals surface area contributed by atoms with Gasteiger partial charge in [0.15, 0.2) is 5.67 Å². The van der Waals surface area contributed by atoms with Crippen LogP contribution in [0.15, 0.2) is 35.5 Å². The summed E-state index contributed by atoms with van der Waals surface area (Å²) in [6.45, 7) is -1.40. The zero-order valence-electron chi connectivity index (χ0n) is 15.7. The summed E-state index contributed by atoms with van der Waals surface area (Å²) < 4.78 is 62.2. The maximum absolute atomic E-state index is 14.9. The van der Waals surface area contributed by atoms with Crippen LogP contribution in [0.2, 0.25) is 0 Å². The van der Waals surface area contributed by atoms with Gasteiger partial charge < -0.3 is 16.2 Å². The standard InChI is InChI=1S/C20H18F4N4O2/c21-8-19(24)5-11-7-30-9-20(11,28-18(19)26)14-3-10(1-2-15(14)23)13-4-12(22)6-27-16(13)17(25)29/h1-4,6,11H,5,7-9H2,(H2,25,29)(H2,26,28)/t11?,19?,20-/m0/s1. The molecular weight excluding hydrogens is 404 g/mol. The summed E-state index contributed by atoms with van der Waals surface area (Å²) in [6.07, 6.45) is 0.522. The zero-order chi connectivity index (χ0) is 21.7. The van der Waals surface area contributed by atoms with E-state index in [9.17, 15) is 22.4 Å². The molecule has 2 aliphatic heterocycles. The molecule has 3 atom stereocenters. The van der Waals surface area contributed by atoms with Crippen molar-refractivity contribution in [2.75, 3.05) is 19.9 Å². The van der Waals surface area contributed by atoms with Gasteiger partial charge in [-0.15, -0.1) is 0 Å². The lowest BCUT2D eigenvalue weighted by molar-refractivity contribution is 0.0996. The second-order valence-corrected chi connectivity index (χ2v) is 7.54. The van der Waals surface area contributed by atoms with Gasteiger partial charge in [-0.3, -0.25) is 9.79 Å².